The summed E-state index contributed by atoms with van der Waals surface area (Å²) in [5.74, 6) is -0.995. The Kier molecular flexibility index (Phi) is 1.81. The van der Waals surface area contributed by atoms with Gasteiger partial charge in [-0.15, -0.1) is 0 Å². The molecule has 0 N–H and O–H groups in total. The van der Waals surface area contributed by atoms with E-state index in [-0.39, 0.29) is 0 Å². The van der Waals surface area contributed by atoms with Gasteiger partial charge < -0.3 is 0 Å². The number of ether oxygens (including phenoxy) is 1. The molecule has 0 aliphatic heterocycles. The van der Waals surface area contributed by atoms with Gasteiger partial charge in [0.15, 0.2) is 0 Å². The third-order valence-electron chi connectivity index (χ3n) is 0.195. The summed E-state index contributed by atoms with van der Waals surface area (Å²) in [5.41, 5.74) is 0. The van der Waals surface area contributed by atoms with E-state index < -0.39 is 5.90 Å². The molecule has 0 heterocycles. The number of hydrogen-bond donors (Lipinski definition) is 0. The third-order valence-corrected chi connectivity index (χ3v) is 0.195. The molecule has 0 aromatic carbocycles. The summed E-state index contributed by atoms with van der Waals surface area (Å²) in [6.45, 7) is 0. The van der Waals surface area contributed by atoms with Gasteiger partial charge >= 0.3 is 29.6 Å². The zero-order chi connectivity index (χ0) is 4.28. The van der Waals surface area contributed by atoms with Crippen LogP contribution in [-0.4, -0.2) is 20.5 Å². The second-order valence-corrected chi connectivity index (χ2v) is 0.508. The Morgan fingerprint density at radius 2 is 2.20 bits per heavy atom. The van der Waals surface area contributed by atoms with Gasteiger partial charge in [0.1, 0.15) is 0 Å². The maximum absolute atomic E-state index is 10.9. The minimum absolute atomic E-state index is 0.995. The van der Waals surface area contributed by atoms with Crippen molar-refractivity contribution in [3.8, 4) is 0 Å². The molecule has 0 saturated carbocycles. The van der Waals surface area contributed by atoms with Gasteiger partial charge in [0.25, 0.3) is 0 Å². The van der Waals surface area contributed by atoms with E-state index >= 15 is 0 Å². The van der Waals surface area contributed by atoms with Crippen LogP contribution in [0.2, 0.25) is 0 Å². The number of halogens is 1. The van der Waals surface area contributed by atoms with Crippen molar-refractivity contribution in [1.82, 2.24) is 0 Å². The van der Waals surface area contributed by atoms with Crippen molar-refractivity contribution in [1.29, 1.82) is 0 Å². The number of hydrogen-bond acceptors (Lipinski definition) is 1. The molecular formula is C2H3BFO. The SMILES string of the molecule is [B]=C(F)OC. The molecule has 0 spiro atoms. The van der Waals surface area contributed by atoms with Crippen molar-refractivity contribution in [2.45, 2.75) is 0 Å². The van der Waals surface area contributed by atoms with E-state index in [1.807, 2.05) is 0 Å². The zero-order valence-electron chi connectivity index (χ0n) is 2.86. The van der Waals surface area contributed by atoms with Crippen molar-refractivity contribution < 1.29 is 9.13 Å². The van der Waals surface area contributed by atoms with Gasteiger partial charge in [-0.2, -0.15) is 0 Å². The predicted molar refractivity (Wildman–Crippen MR) is 18.9 cm³/mol. The normalized spacial score (nSPS) is 6.60. The van der Waals surface area contributed by atoms with Gasteiger partial charge in [0.2, 0.25) is 0 Å². The van der Waals surface area contributed by atoms with Crippen LogP contribution < -0.4 is 0 Å². The molecule has 1 nitrogen and oxygen atoms in total. The molecule has 5 heavy (non-hydrogen) atoms. The van der Waals surface area contributed by atoms with Gasteiger partial charge in [-0.25, -0.2) is 0 Å². The van der Waals surface area contributed by atoms with Crippen molar-refractivity contribution >= 4 is 13.4 Å². The van der Waals surface area contributed by atoms with Crippen molar-refractivity contribution in [2.24, 2.45) is 0 Å². The average molecular weight is 72.9 g/mol. The second kappa shape index (κ2) is 1.94. The zero-order valence-corrected chi connectivity index (χ0v) is 2.86. The van der Waals surface area contributed by atoms with Crippen LogP contribution in [0, 0.1) is 0 Å². The summed E-state index contributed by atoms with van der Waals surface area (Å²) in [4.78, 5) is 0. The predicted octanol–water partition coefficient (Wildman–Crippen LogP) is -0.142. The van der Waals surface area contributed by atoms with Crippen LogP contribution in [-0.2, 0) is 4.74 Å². The Morgan fingerprint density at radius 3 is 2.20 bits per heavy atom. The van der Waals surface area contributed by atoms with E-state index in [4.69, 9.17) is 0 Å². The number of methoxy groups -OCH3 is 1. The van der Waals surface area contributed by atoms with Gasteiger partial charge in [-0.05, 0) is 0 Å². The molecule has 0 unspecified atom stereocenters. The van der Waals surface area contributed by atoms with Crippen LogP contribution in [0.15, 0.2) is 0 Å². The Bertz CT molecular complexity index is 44.9. The summed E-state index contributed by atoms with van der Waals surface area (Å²) in [7, 11) is 5.48. The second-order valence-electron chi connectivity index (χ2n) is 0.508. The maximum atomic E-state index is 10.9. The topological polar surface area (TPSA) is 9.23 Å². The molecule has 0 atom stereocenters. The molecule has 0 saturated heterocycles. The van der Waals surface area contributed by atoms with E-state index in [0.717, 1.165) is 7.11 Å². The molecule has 0 rings (SSSR count). The van der Waals surface area contributed by atoms with Crippen molar-refractivity contribution in [2.75, 3.05) is 7.11 Å². The van der Waals surface area contributed by atoms with Crippen molar-refractivity contribution in [3.05, 3.63) is 0 Å². The van der Waals surface area contributed by atoms with Crippen LogP contribution in [0.3, 0.4) is 0 Å². The molecule has 0 aliphatic carbocycles. The van der Waals surface area contributed by atoms with Crippen LogP contribution in [0.4, 0.5) is 4.39 Å². The summed E-state index contributed by atoms with van der Waals surface area (Å²) in [6, 6.07) is 0. The van der Waals surface area contributed by atoms with Gasteiger partial charge in [0, 0.05) is 0 Å². The summed E-state index contributed by atoms with van der Waals surface area (Å²) >= 11 is 0. The molecule has 1 radical (unpaired) electrons. The monoisotopic (exact) mass is 73.0 g/mol. The molecule has 0 aliphatic rings. The summed E-state index contributed by atoms with van der Waals surface area (Å²) in [6.07, 6.45) is 0. The first-order valence-corrected chi connectivity index (χ1v) is 1.09. The fraction of sp³-hybridized carbons (Fsp3) is 0.500. The Labute approximate surface area is 30.8 Å². The van der Waals surface area contributed by atoms with Crippen molar-refractivity contribution in [3.63, 3.8) is 0 Å². The van der Waals surface area contributed by atoms with Gasteiger partial charge in [-0.3, -0.25) is 0 Å². The molecule has 0 amide bonds. The standard InChI is InChI=1S/C2H3BFO/c1-5-2(3)4/h1H3. The number of rotatable bonds is 1. The Balaban J connectivity index is 2.85. The average Bonchev–Trinajstić information content (AvgIpc) is 1.38. The molecule has 0 aromatic rings. The fourth-order valence-corrected chi connectivity index (χ4v) is 0. The van der Waals surface area contributed by atoms with E-state index in [0.29, 0.717) is 0 Å². The first-order valence-electron chi connectivity index (χ1n) is 1.09. The molecule has 0 fully saturated rings. The first-order chi connectivity index (χ1) is 2.27. The van der Waals surface area contributed by atoms with Gasteiger partial charge in [0.05, 0.1) is 0 Å². The van der Waals surface area contributed by atoms with E-state index in [9.17, 15) is 4.39 Å². The minimum atomic E-state index is -0.995. The molecule has 0 aromatic heterocycles. The van der Waals surface area contributed by atoms with E-state index in [2.05, 4.69) is 12.2 Å². The van der Waals surface area contributed by atoms with Gasteiger partial charge in [-0.1, -0.05) is 0 Å². The quantitative estimate of drug-likeness (QED) is 0.392. The molecular weight excluding hydrogens is 69.8 g/mol. The van der Waals surface area contributed by atoms with Crippen LogP contribution in [0.1, 0.15) is 0 Å². The fourth-order valence-electron chi connectivity index (χ4n) is 0. The van der Waals surface area contributed by atoms with E-state index in [1.165, 1.54) is 0 Å². The van der Waals surface area contributed by atoms with Crippen LogP contribution in [0.25, 0.3) is 0 Å². The third kappa shape index (κ3) is 3.66. The van der Waals surface area contributed by atoms with Crippen LogP contribution in [0.5, 0.6) is 0 Å². The van der Waals surface area contributed by atoms with Crippen LogP contribution >= 0.6 is 0 Å². The Morgan fingerprint density at radius 1 is 2.00 bits per heavy atom. The Hall–Kier alpha value is -0.335. The summed E-state index contributed by atoms with van der Waals surface area (Å²) < 4.78 is 14.7. The molecule has 0 bridgehead atoms. The van der Waals surface area contributed by atoms with E-state index in [1.54, 1.807) is 0 Å². The first kappa shape index (κ1) is 4.66. The molecule has 3 heteroatoms. The summed E-state index contributed by atoms with van der Waals surface area (Å²) in [5, 5.41) is 0. The molecule has 27 valence electrons.